The van der Waals surface area contributed by atoms with Gasteiger partial charge in [-0.05, 0) is 19.4 Å². The Balaban J connectivity index is 4.50. The second kappa shape index (κ2) is 5.98. The summed E-state index contributed by atoms with van der Waals surface area (Å²) in [5.74, 6) is -1.40. The summed E-state index contributed by atoms with van der Waals surface area (Å²) in [4.78, 5) is 21.8. The molecule has 0 saturated heterocycles. The van der Waals surface area contributed by atoms with Crippen LogP contribution in [0.2, 0.25) is 0 Å². The molecule has 0 N–H and O–H groups in total. The zero-order chi connectivity index (χ0) is 10.3. The van der Waals surface area contributed by atoms with Crippen molar-refractivity contribution in [2.45, 2.75) is 20.3 Å². The van der Waals surface area contributed by atoms with E-state index >= 15 is 0 Å². The summed E-state index contributed by atoms with van der Waals surface area (Å²) in [6.07, 6.45) is 3.02. The van der Waals surface area contributed by atoms with E-state index < -0.39 is 11.9 Å². The fourth-order valence-corrected chi connectivity index (χ4v) is 0.674. The maximum atomic E-state index is 11.1. The summed E-state index contributed by atoms with van der Waals surface area (Å²) in [5, 5.41) is 0. The molecule has 3 nitrogen and oxygen atoms in total. The predicted molar refractivity (Wildman–Crippen MR) is 48.9 cm³/mol. The molecule has 0 aromatic carbocycles. The minimum Gasteiger partial charge on any atom is -0.386 e. The van der Waals surface area contributed by atoms with Gasteiger partial charge in [0.2, 0.25) is 0 Å². The molecule has 0 fully saturated rings. The highest BCUT2D eigenvalue weighted by molar-refractivity contribution is 5.99. The van der Waals surface area contributed by atoms with Gasteiger partial charge in [-0.25, -0.2) is 9.59 Å². The Morgan fingerprint density at radius 1 is 1.54 bits per heavy atom. The molecule has 0 amide bonds. The van der Waals surface area contributed by atoms with E-state index in [1.54, 1.807) is 19.9 Å². The summed E-state index contributed by atoms with van der Waals surface area (Å²) in [6, 6.07) is 0. The quantitative estimate of drug-likeness (QED) is 0.287. The van der Waals surface area contributed by atoms with Crippen molar-refractivity contribution in [3.63, 3.8) is 0 Å². The molecular weight excluding hydrogens is 168 g/mol. The number of carbonyl (C=O) groups excluding carboxylic acids is 2. The number of rotatable bonds is 3. The number of ether oxygens (including phenoxy) is 1. The minimum absolute atomic E-state index is 0.345. The van der Waals surface area contributed by atoms with E-state index in [4.69, 9.17) is 0 Å². The standard InChI is InChI=1S/C10H12O3/c1-4-7-8(5-2)10(12)13-9(11)6-3/h4,6H,3,5H2,1-2H3. The number of carbonyl (C=O) groups is 2. The van der Waals surface area contributed by atoms with Gasteiger partial charge in [0.15, 0.2) is 0 Å². The summed E-state index contributed by atoms with van der Waals surface area (Å²) < 4.78 is 4.39. The normalized spacial score (nSPS) is 8.15. The number of esters is 2. The van der Waals surface area contributed by atoms with Crippen LogP contribution in [0.5, 0.6) is 0 Å². The molecule has 0 aliphatic rings. The topological polar surface area (TPSA) is 43.4 Å². The largest absolute Gasteiger partial charge is 0.386 e. The maximum Gasteiger partial charge on any atom is 0.349 e. The zero-order valence-electron chi connectivity index (χ0n) is 7.79. The molecular formula is C10H12O3. The van der Waals surface area contributed by atoms with Crippen LogP contribution in [0, 0.1) is 0 Å². The maximum absolute atomic E-state index is 11.1. The Bertz CT molecular complexity index is 281. The van der Waals surface area contributed by atoms with Crippen LogP contribution in [-0.4, -0.2) is 11.9 Å². The summed E-state index contributed by atoms with van der Waals surface area (Å²) in [6.45, 7) is 6.70. The Kier molecular flexibility index (Phi) is 5.24. The number of hydrogen-bond donors (Lipinski definition) is 0. The average molecular weight is 180 g/mol. The van der Waals surface area contributed by atoms with Gasteiger partial charge in [0, 0.05) is 6.08 Å². The lowest BCUT2D eigenvalue weighted by atomic mass is 10.2. The monoisotopic (exact) mass is 180 g/mol. The van der Waals surface area contributed by atoms with Crippen LogP contribution in [-0.2, 0) is 14.3 Å². The van der Waals surface area contributed by atoms with E-state index in [0.717, 1.165) is 6.08 Å². The van der Waals surface area contributed by atoms with Crippen LogP contribution in [0.15, 0.2) is 30.0 Å². The molecule has 0 spiro atoms. The molecule has 70 valence electrons. The Labute approximate surface area is 77.4 Å². The first-order valence-electron chi connectivity index (χ1n) is 3.94. The Morgan fingerprint density at radius 2 is 2.15 bits per heavy atom. The molecule has 0 atom stereocenters. The van der Waals surface area contributed by atoms with Gasteiger partial charge in [0.1, 0.15) is 0 Å². The van der Waals surface area contributed by atoms with Crippen LogP contribution in [0.4, 0.5) is 0 Å². The highest BCUT2D eigenvalue weighted by Gasteiger charge is 2.10. The van der Waals surface area contributed by atoms with Gasteiger partial charge in [0.05, 0.1) is 5.57 Å². The highest BCUT2D eigenvalue weighted by Crippen LogP contribution is 2.01. The third-order valence-corrected chi connectivity index (χ3v) is 1.28. The van der Waals surface area contributed by atoms with Crippen LogP contribution < -0.4 is 0 Å². The lowest BCUT2D eigenvalue weighted by molar-refractivity contribution is -0.153. The van der Waals surface area contributed by atoms with Crippen molar-refractivity contribution in [3.8, 4) is 0 Å². The van der Waals surface area contributed by atoms with Gasteiger partial charge in [0.25, 0.3) is 0 Å². The minimum atomic E-state index is -0.742. The second-order valence-corrected chi connectivity index (χ2v) is 2.18. The van der Waals surface area contributed by atoms with E-state index in [2.05, 4.69) is 17.0 Å². The molecule has 0 radical (unpaired) electrons. The van der Waals surface area contributed by atoms with Crippen molar-refractivity contribution in [1.82, 2.24) is 0 Å². The molecule has 0 aliphatic heterocycles. The zero-order valence-corrected chi connectivity index (χ0v) is 7.79. The van der Waals surface area contributed by atoms with E-state index in [9.17, 15) is 9.59 Å². The van der Waals surface area contributed by atoms with Crippen LogP contribution in [0.1, 0.15) is 20.3 Å². The van der Waals surface area contributed by atoms with Crippen molar-refractivity contribution >= 4 is 11.9 Å². The Morgan fingerprint density at radius 3 is 2.54 bits per heavy atom. The fraction of sp³-hybridized carbons (Fsp3) is 0.300. The van der Waals surface area contributed by atoms with Crippen LogP contribution in [0.25, 0.3) is 0 Å². The molecule has 0 heterocycles. The molecule has 0 aromatic rings. The summed E-state index contributed by atoms with van der Waals surface area (Å²) in [7, 11) is 0. The van der Waals surface area contributed by atoms with Crippen molar-refractivity contribution < 1.29 is 14.3 Å². The average Bonchev–Trinajstić information content (AvgIpc) is 2.13. The molecule has 0 rings (SSSR count). The third-order valence-electron chi connectivity index (χ3n) is 1.28. The SMILES string of the molecule is C=CC(=O)OC(=O)C(=C=CC)CC. The molecule has 0 aliphatic carbocycles. The van der Waals surface area contributed by atoms with Crippen LogP contribution >= 0.6 is 0 Å². The lowest BCUT2D eigenvalue weighted by Crippen LogP contribution is -2.11. The van der Waals surface area contributed by atoms with E-state index in [0.29, 0.717) is 12.0 Å². The van der Waals surface area contributed by atoms with Crippen molar-refractivity contribution in [1.29, 1.82) is 0 Å². The van der Waals surface area contributed by atoms with Gasteiger partial charge in [-0.2, -0.15) is 0 Å². The van der Waals surface area contributed by atoms with Crippen LogP contribution in [0.3, 0.4) is 0 Å². The molecule has 3 heteroatoms. The number of hydrogen-bond acceptors (Lipinski definition) is 3. The smallest absolute Gasteiger partial charge is 0.349 e. The van der Waals surface area contributed by atoms with Gasteiger partial charge in [-0.15, -0.1) is 5.73 Å². The molecule has 0 unspecified atom stereocenters. The molecule has 0 bridgehead atoms. The van der Waals surface area contributed by atoms with Gasteiger partial charge >= 0.3 is 11.9 Å². The first kappa shape index (κ1) is 11.4. The fourth-order valence-electron chi connectivity index (χ4n) is 0.674. The second-order valence-electron chi connectivity index (χ2n) is 2.18. The molecule has 0 saturated carbocycles. The van der Waals surface area contributed by atoms with Gasteiger partial charge < -0.3 is 4.74 Å². The van der Waals surface area contributed by atoms with E-state index in [1.165, 1.54) is 0 Å². The third kappa shape index (κ3) is 4.09. The summed E-state index contributed by atoms with van der Waals surface area (Å²) in [5.41, 5.74) is 3.04. The predicted octanol–water partition coefficient (Wildman–Crippen LogP) is 1.75. The summed E-state index contributed by atoms with van der Waals surface area (Å²) >= 11 is 0. The van der Waals surface area contributed by atoms with Crippen molar-refractivity contribution in [2.24, 2.45) is 0 Å². The highest BCUT2D eigenvalue weighted by atomic mass is 16.6. The molecule has 0 aromatic heterocycles. The Hall–Kier alpha value is -1.60. The lowest BCUT2D eigenvalue weighted by Gasteiger charge is -1.98. The van der Waals surface area contributed by atoms with Gasteiger partial charge in [-0.1, -0.05) is 13.5 Å². The van der Waals surface area contributed by atoms with Crippen molar-refractivity contribution in [3.05, 3.63) is 30.0 Å². The van der Waals surface area contributed by atoms with E-state index in [1.807, 2.05) is 0 Å². The first-order valence-corrected chi connectivity index (χ1v) is 3.94. The molecule has 13 heavy (non-hydrogen) atoms. The van der Waals surface area contributed by atoms with E-state index in [-0.39, 0.29) is 0 Å². The van der Waals surface area contributed by atoms with Crippen molar-refractivity contribution in [2.75, 3.05) is 0 Å². The first-order chi connectivity index (χ1) is 6.15. The van der Waals surface area contributed by atoms with Gasteiger partial charge in [-0.3, -0.25) is 0 Å².